The number of thiophene rings is 1. The summed E-state index contributed by atoms with van der Waals surface area (Å²) in [5, 5.41) is 14.1. The molecule has 0 unspecified atom stereocenters. The van der Waals surface area contributed by atoms with E-state index in [0.717, 1.165) is 56.8 Å². The van der Waals surface area contributed by atoms with Gasteiger partial charge in [0, 0.05) is 24.2 Å². The maximum atomic E-state index is 12.5. The van der Waals surface area contributed by atoms with Crippen LogP contribution in [0.25, 0.3) is 0 Å². The van der Waals surface area contributed by atoms with Crippen LogP contribution in [0.1, 0.15) is 39.4 Å². The van der Waals surface area contributed by atoms with Gasteiger partial charge in [-0.3, -0.25) is 9.48 Å². The predicted molar refractivity (Wildman–Crippen MR) is 94.7 cm³/mol. The Labute approximate surface area is 150 Å². The van der Waals surface area contributed by atoms with Crippen molar-refractivity contribution in [3.63, 3.8) is 0 Å². The summed E-state index contributed by atoms with van der Waals surface area (Å²) in [5.74, 6) is 0.0158. The summed E-state index contributed by atoms with van der Waals surface area (Å²) in [4.78, 5) is 14.6. The number of hydrogen-bond acceptors (Lipinski definition) is 6. The molecule has 0 aromatic carbocycles. The first-order valence-electron chi connectivity index (χ1n) is 8.87. The van der Waals surface area contributed by atoms with Crippen LogP contribution in [0, 0.1) is 0 Å². The van der Waals surface area contributed by atoms with E-state index in [1.807, 2.05) is 6.20 Å². The Morgan fingerprint density at radius 2 is 2.32 bits per heavy atom. The third kappa shape index (κ3) is 3.47. The second kappa shape index (κ2) is 7.23. The smallest absolute Gasteiger partial charge is 0.261 e. The van der Waals surface area contributed by atoms with Crippen molar-refractivity contribution < 1.29 is 9.53 Å². The third-order valence-corrected chi connectivity index (χ3v) is 6.29. The van der Waals surface area contributed by atoms with Gasteiger partial charge < -0.3 is 15.4 Å². The average molecular weight is 361 g/mol. The lowest BCUT2D eigenvalue weighted by Gasteiger charge is -2.40. The van der Waals surface area contributed by atoms with Crippen LogP contribution in [-0.4, -0.2) is 47.1 Å². The Bertz CT molecular complexity index is 721. The Kier molecular flexibility index (Phi) is 4.82. The fourth-order valence-corrected chi connectivity index (χ4v) is 4.95. The van der Waals surface area contributed by atoms with Crippen LogP contribution in [0.4, 0.5) is 0 Å². The molecule has 4 heterocycles. The Morgan fingerprint density at radius 3 is 3.12 bits per heavy atom. The second-order valence-corrected chi connectivity index (χ2v) is 7.64. The molecule has 2 aliphatic rings. The number of carbonyl (C=O) groups excluding carboxylic acids is 1. The van der Waals surface area contributed by atoms with Crippen molar-refractivity contribution in [1.82, 2.24) is 25.6 Å². The van der Waals surface area contributed by atoms with Crippen LogP contribution in [0.3, 0.4) is 0 Å². The van der Waals surface area contributed by atoms with Crippen LogP contribution in [0.15, 0.2) is 18.5 Å². The van der Waals surface area contributed by atoms with E-state index in [2.05, 4.69) is 27.0 Å². The topological polar surface area (TPSA) is 81.1 Å². The highest BCUT2D eigenvalue weighted by atomic mass is 32.1. The summed E-state index contributed by atoms with van der Waals surface area (Å²) in [6.07, 6.45) is 7.19. The normalized spacial score (nSPS) is 18.9. The van der Waals surface area contributed by atoms with Gasteiger partial charge >= 0.3 is 0 Å². The third-order valence-electron chi connectivity index (χ3n) is 4.93. The van der Waals surface area contributed by atoms with Gasteiger partial charge in [-0.05, 0) is 50.4 Å². The maximum Gasteiger partial charge on any atom is 0.261 e. The van der Waals surface area contributed by atoms with E-state index in [4.69, 9.17) is 4.74 Å². The number of nitrogens with one attached hydrogen (secondary N) is 2. The van der Waals surface area contributed by atoms with Crippen LogP contribution in [0.5, 0.6) is 0 Å². The molecule has 0 radical (unpaired) electrons. The first-order valence-corrected chi connectivity index (χ1v) is 9.69. The summed E-state index contributed by atoms with van der Waals surface area (Å²) < 4.78 is 7.96. The van der Waals surface area contributed by atoms with Gasteiger partial charge in [0.05, 0.1) is 17.7 Å². The highest BCUT2D eigenvalue weighted by molar-refractivity contribution is 7.14. The number of aromatic nitrogens is 3. The number of aryl methyl sites for hydroxylation is 1. The van der Waals surface area contributed by atoms with Gasteiger partial charge in [-0.25, -0.2) is 0 Å². The molecule has 2 aromatic rings. The predicted octanol–water partition coefficient (Wildman–Crippen LogP) is 1.31. The number of piperidine rings is 1. The zero-order chi connectivity index (χ0) is 17.1. The van der Waals surface area contributed by atoms with Crippen molar-refractivity contribution in [2.24, 2.45) is 0 Å². The molecular formula is C17H23N5O2S. The van der Waals surface area contributed by atoms with Crippen molar-refractivity contribution >= 4 is 17.2 Å². The van der Waals surface area contributed by atoms with Gasteiger partial charge in [-0.15, -0.1) is 16.4 Å². The summed E-state index contributed by atoms with van der Waals surface area (Å²) in [6.45, 7) is 4.09. The molecule has 1 saturated heterocycles. The first-order chi connectivity index (χ1) is 12.3. The Balaban J connectivity index is 1.38. The number of fused-ring (bicyclic) bond motifs is 2. The van der Waals surface area contributed by atoms with Crippen molar-refractivity contribution in [2.45, 2.75) is 37.8 Å². The van der Waals surface area contributed by atoms with Crippen LogP contribution in [0.2, 0.25) is 0 Å². The highest BCUT2D eigenvalue weighted by Gasteiger charge is 2.41. The summed E-state index contributed by atoms with van der Waals surface area (Å²) in [6, 6.07) is 2.07. The average Bonchev–Trinajstić information content (AvgIpc) is 3.30. The van der Waals surface area contributed by atoms with E-state index in [1.165, 1.54) is 10.4 Å². The van der Waals surface area contributed by atoms with Gasteiger partial charge in [-0.2, -0.15) is 0 Å². The summed E-state index contributed by atoms with van der Waals surface area (Å²) in [5.41, 5.74) is 1.13. The van der Waals surface area contributed by atoms with E-state index >= 15 is 0 Å². The van der Waals surface area contributed by atoms with E-state index in [9.17, 15) is 4.79 Å². The van der Waals surface area contributed by atoms with Gasteiger partial charge in [0.2, 0.25) is 0 Å². The molecule has 8 heteroatoms. The number of amides is 1. The van der Waals surface area contributed by atoms with Crippen LogP contribution >= 0.6 is 11.3 Å². The lowest BCUT2D eigenvalue weighted by Crippen LogP contribution is -2.43. The molecule has 25 heavy (non-hydrogen) atoms. The molecule has 7 nitrogen and oxygen atoms in total. The number of hydrogen-bond donors (Lipinski definition) is 2. The zero-order valence-electron chi connectivity index (χ0n) is 14.2. The maximum absolute atomic E-state index is 12.5. The van der Waals surface area contributed by atoms with Gasteiger partial charge in [0.1, 0.15) is 5.60 Å². The number of carbonyl (C=O) groups is 1. The molecule has 2 aliphatic heterocycles. The number of ether oxygens (including phenoxy) is 1. The summed E-state index contributed by atoms with van der Waals surface area (Å²) in [7, 11) is 0. The van der Waals surface area contributed by atoms with Crippen molar-refractivity contribution in [2.75, 3.05) is 26.2 Å². The van der Waals surface area contributed by atoms with E-state index in [1.54, 1.807) is 22.2 Å². The lowest BCUT2D eigenvalue weighted by molar-refractivity contribution is -0.0771. The second-order valence-electron chi connectivity index (χ2n) is 6.58. The number of nitrogens with zero attached hydrogens (tertiary/aromatic N) is 3. The minimum atomic E-state index is -0.172. The lowest BCUT2D eigenvalue weighted by atomic mass is 9.86. The van der Waals surface area contributed by atoms with E-state index < -0.39 is 0 Å². The zero-order valence-corrected chi connectivity index (χ0v) is 15.0. The molecule has 134 valence electrons. The van der Waals surface area contributed by atoms with Crippen LogP contribution in [-0.2, 0) is 23.3 Å². The van der Waals surface area contributed by atoms with Gasteiger partial charge in [0.25, 0.3) is 5.91 Å². The molecule has 4 rings (SSSR count). The molecule has 1 spiro atoms. The molecule has 0 bridgehead atoms. The van der Waals surface area contributed by atoms with E-state index in [-0.39, 0.29) is 11.5 Å². The standard InChI is InChI=1S/C17H23N5O2S/c23-16(19-5-1-9-22-10-8-20-21-22)14-12-13-2-11-24-17(15(13)25-14)3-6-18-7-4-17/h8,10,12,18H,1-7,9,11H2,(H,19,23). The fraction of sp³-hybridized carbons (Fsp3) is 0.588. The molecule has 2 aromatic heterocycles. The minimum absolute atomic E-state index is 0.0158. The van der Waals surface area contributed by atoms with Crippen molar-refractivity contribution in [3.8, 4) is 0 Å². The monoisotopic (exact) mass is 361 g/mol. The molecule has 1 fully saturated rings. The molecule has 1 amide bonds. The quantitative estimate of drug-likeness (QED) is 0.785. The van der Waals surface area contributed by atoms with E-state index in [0.29, 0.717) is 6.54 Å². The van der Waals surface area contributed by atoms with Crippen molar-refractivity contribution in [3.05, 3.63) is 33.8 Å². The van der Waals surface area contributed by atoms with Crippen molar-refractivity contribution in [1.29, 1.82) is 0 Å². The largest absolute Gasteiger partial charge is 0.369 e. The molecular weight excluding hydrogens is 338 g/mol. The highest BCUT2D eigenvalue weighted by Crippen LogP contribution is 2.44. The number of rotatable bonds is 5. The van der Waals surface area contributed by atoms with Gasteiger partial charge in [0.15, 0.2) is 0 Å². The molecule has 0 aliphatic carbocycles. The SMILES string of the molecule is O=C(NCCCn1ccnn1)c1cc2c(s1)C1(CCNCC1)OCC2. The van der Waals surface area contributed by atoms with Crippen LogP contribution < -0.4 is 10.6 Å². The first kappa shape index (κ1) is 16.7. The molecule has 0 atom stereocenters. The summed E-state index contributed by atoms with van der Waals surface area (Å²) >= 11 is 1.61. The molecule has 0 saturated carbocycles. The van der Waals surface area contributed by atoms with Gasteiger partial charge in [-0.1, -0.05) is 5.21 Å². The minimum Gasteiger partial charge on any atom is -0.369 e. The Hall–Kier alpha value is -1.77. The fourth-order valence-electron chi connectivity index (χ4n) is 3.62. The molecule has 2 N–H and O–H groups in total. The Morgan fingerprint density at radius 1 is 1.44 bits per heavy atom.